The summed E-state index contributed by atoms with van der Waals surface area (Å²) in [5.41, 5.74) is -2.80. The smallest absolute Gasteiger partial charge is 0.416 e. The Balaban J connectivity index is 1.98. The number of cyclic esters (lactones) is 1. The first-order chi connectivity index (χ1) is 25.6. The van der Waals surface area contributed by atoms with Gasteiger partial charge < -0.3 is 39.4 Å². The van der Waals surface area contributed by atoms with Gasteiger partial charge in [0.15, 0.2) is 0 Å². The second-order valence-electron chi connectivity index (χ2n) is 15.4. The first-order valence-corrected chi connectivity index (χ1v) is 18.9. The van der Waals surface area contributed by atoms with Crippen molar-refractivity contribution in [3.8, 4) is 0 Å². The number of aliphatic hydroxyl groups is 4. The molecule has 3 rings (SSSR count). The molecule has 0 saturated carbocycles. The molecule has 4 N–H and O–H groups in total. The third kappa shape index (κ3) is 13.2. The van der Waals surface area contributed by atoms with Crippen molar-refractivity contribution in [1.82, 2.24) is 4.90 Å². The molecule has 0 spiro atoms. The van der Waals surface area contributed by atoms with Crippen molar-refractivity contribution in [2.75, 3.05) is 20.3 Å². The van der Waals surface area contributed by atoms with E-state index >= 15 is 0 Å². The summed E-state index contributed by atoms with van der Waals surface area (Å²) in [7, 11) is 1.62. The van der Waals surface area contributed by atoms with Crippen molar-refractivity contribution in [1.29, 1.82) is 0 Å². The van der Waals surface area contributed by atoms with Gasteiger partial charge in [0, 0.05) is 39.0 Å². The van der Waals surface area contributed by atoms with E-state index in [1.807, 2.05) is 13.8 Å². The lowest BCUT2D eigenvalue weighted by atomic mass is 9.85. The van der Waals surface area contributed by atoms with E-state index in [2.05, 4.69) is 0 Å². The molecule has 0 amide bonds. The van der Waals surface area contributed by atoms with Crippen molar-refractivity contribution in [2.24, 2.45) is 11.8 Å². The number of rotatable bonds is 15. The van der Waals surface area contributed by atoms with E-state index in [0.29, 0.717) is 11.1 Å². The fraction of sp³-hybridized carbons (Fsp3) is 0.659. The molecule has 2 aliphatic heterocycles. The predicted molar refractivity (Wildman–Crippen MR) is 199 cm³/mol. The van der Waals surface area contributed by atoms with E-state index in [0.717, 1.165) is 18.6 Å². The number of allylic oxidation sites excluding steroid dienone is 2. The van der Waals surface area contributed by atoms with Crippen LogP contribution < -0.4 is 0 Å². The molecular formula is C41H60F3NO10. The molecule has 1 aromatic carbocycles. The minimum atomic E-state index is -4.50. The number of aliphatic hydroxyl groups excluding tert-OH is 2. The SMILES string of the molecule is CC[C@H](OC)[C@@H](C)[C@H]1O[C@@H]1C(N(CCO)Cc1ccc(C(F)(F)F)cc1)C(C)(O)C=CC=C(C)C1OC(=O)C[C@H](O)CC[C@@](C)(O)[C@@H](OC(C)=O)C=C[C@@H]1C. The molecule has 11 atom stereocenters. The Morgan fingerprint density at radius 3 is 2.38 bits per heavy atom. The molecule has 1 saturated heterocycles. The highest BCUT2D eigenvalue weighted by Gasteiger charge is 2.56. The standard InChI is InChI=1S/C41H60F3NO10/c1-9-32(52-8)27(4)36-37(55-36)38(45(21-22-46)24-29-13-15-30(16-14-29)41(42,43)44)40(7,51)19-10-11-25(2)35-26(3)12-17-33(53-28(5)47)39(6,50)20-18-31(48)23-34(49)54-35/h10-17,19,26-27,31-33,35-38,46,48,50-51H,9,18,20-24H2,1-8H3/t26-,27+,31+,32-,33-,35?,36+,37-,38?,39+,40?/m0/s1. The van der Waals surface area contributed by atoms with Crippen molar-refractivity contribution in [3.05, 3.63) is 71.3 Å². The molecule has 1 aromatic rings. The van der Waals surface area contributed by atoms with Gasteiger partial charge in [0.2, 0.25) is 0 Å². The monoisotopic (exact) mass is 783 g/mol. The number of hydrogen-bond donors (Lipinski definition) is 4. The van der Waals surface area contributed by atoms with Crippen LogP contribution in [0.15, 0.2) is 60.2 Å². The highest BCUT2D eigenvalue weighted by molar-refractivity contribution is 5.70. The van der Waals surface area contributed by atoms with Crippen LogP contribution in [0.2, 0.25) is 0 Å². The van der Waals surface area contributed by atoms with Crippen LogP contribution >= 0.6 is 0 Å². The molecule has 3 unspecified atom stereocenters. The molecule has 0 aromatic heterocycles. The second kappa shape index (κ2) is 19.8. The number of carbonyl (C=O) groups is 2. The molecule has 0 aliphatic carbocycles. The maximum absolute atomic E-state index is 13.3. The lowest BCUT2D eigenvalue weighted by Gasteiger charge is -2.39. The number of halogens is 3. The van der Waals surface area contributed by atoms with Gasteiger partial charge in [-0.1, -0.05) is 57.2 Å². The summed E-state index contributed by atoms with van der Waals surface area (Å²) in [6, 6.07) is 3.99. The van der Waals surface area contributed by atoms with E-state index in [9.17, 15) is 43.2 Å². The van der Waals surface area contributed by atoms with E-state index in [1.165, 1.54) is 26.0 Å². The Bertz CT molecular complexity index is 1490. The first-order valence-electron chi connectivity index (χ1n) is 18.9. The summed E-state index contributed by atoms with van der Waals surface area (Å²) >= 11 is 0. The van der Waals surface area contributed by atoms with Gasteiger partial charge in [-0.25, -0.2) is 0 Å². The number of benzene rings is 1. The van der Waals surface area contributed by atoms with E-state index in [4.69, 9.17) is 18.9 Å². The fourth-order valence-corrected chi connectivity index (χ4v) is 7.38. The van der Waals surface area contributed by atoms with Crippen LogP contribution in [-0.2, 0) is 41.3 Å². The predicted octanol–water partition coefficient (Wildman–Crippen LogP) is 5.28. The molecule has 11 nitrogen and oxygen atoms in total. The molecule has 2 heterocycles. The maximum Gasteiger partial charge on any atom is 0.416 e. The number of hydrogen-bond acceptors (Lipinski definition) is 11. The second-order valence-corrected chi connectivity index (χ2v) is 15.4. The third-order valence-electron chi connectivity index (χ3n) is 10.6. The minimum Gasteiger partial charge on any atom is -0.457 e. The van der Waals surface area contributed by atoms with E-state index in [-0.39, 0.29) is 57.1 Å². The van der Waals surface area contributed by atoms with Crippen LogP contribution in [-0.4, -0.2) is 111 Å². The number of methoxy groups -OCH3 is 1. The van der Waals surface area contributed by atoms with Crippen LogP contribution in [0.3, 0.4) is 0 Å². The Hall–Kier alpha value is -3.11. The van der Waals surface area contributed by atoms with Crippen molar-refractivity contribution in [3.63, 3.8) is 0 Å². The van der Waals surface area contributed by atoms with Gasteiger partial charge in [-0.15, -0.1) is 0 Å². The van der Waals surface area contributed by atoms with Gasteiger partial charge in [-0.3, -0.25) is 14.5 Å². The Kier molecular flexibility index (Phi) is 16.7. The maximum atomic E-state index is 13.3. The number of esters is 2. The summed E-state index contributed by atoms with van der Waals surface area (Å²) < 4.78 is 63.0. The topological polar surface area (TPSA) is 159 Å². The zero-order chi connectivity index (χ0) is 41.3. The Labute approximate surface area is 322 Å². The minimum absolute atomic E-state index is 0.0561. The molecular weight excluding hydrogens is 723 g/mol. The number of ether oxygens (including phenoxy) is 4. The average Bonchev–Trinajstić information content (AvgIpc) is 3.87. The summed E-state index contributed by atoms with van der Waals surface area (Å²) in [5, 5.41) is 44.0. The summed E-state index contributed by atoms with van der Waals surface area (Å²) in [6.07, 6.45) is 0.195. The normalized spacial score (nSPS) is 29.8. The lowest BCUT2D eigenvalue weighted by Crippen LogP contribution is -2.54. The molecule has 14 heteroatoms. The largest absolute Gasteiger partial charge is 0.457 e. The molecule has 1 fully saturated rings. The zero-order valence-electron chi connectivity index (χ0n) is 33.2. The number of carbonyl (C=O) groups excluding carboxylic acids is 2. The lowest BCUT2D eigenvalue weighted by molar-refractivity contribution is -0.157. The third-order valence-corrected chi connectivity index (χ3v) is 10.6. The number of alkyl halides is 3. The van der Waals surface area contributed by atoms with E-state index < -0.39 is 71.3 Å². The van der Waals surface area contributed by atoms with Crippen molar-refractivity contribution >= 4 is 11.9 Å². The van der Waals surface area contributed by atoms with Gasteiger partial charge in [0.1, 0.15) is 23.9 Å². The van der Waals surface area contributed by atoms with Crippen molar-refractivity contribution in [2.45, 2.75) is 141 Å². The van der Waals surface area contributed by atoms with Gasteiger partial charge >= 0.3 is 18.1 Å². The molecule has 2 aliphatic rings. The fourth-order valence-electron chi connectivity index (χ4n) is 7.38. The van der Waals surface area contributed by atoms with Gasteiger partial charge in [0.25, 0.3) is 0 Å². The zero-order valence-corrected chi connectivity index (χ0v) is 33.2. The quantitative estimate of drug-likeness (QED) is 0.0794. The summed E-state index contributed by atoms with van der Waals surface area (Å²) in [4.78, 5) is 26.6. The van der Waals surface area contributed by atoms with Crippen molar-refractivity contribution < 1.29 is 62.1 Å². The van der Waals surface area contributed by atoms with Crippen LogP contribution in [0.1, 0.15) is 85.3 Å². The van der Waals surface area contributed by atoms with Gasteiger partial charge in [0.05, 0.1) is 48.5 Å². The highest BCUT2D eigenvalue weighted by Crippen LogP contribution is 2.41. The average molecular weight is 784 g/mol. The summed E-state index contributed by atoms with van der Waals surface area (Å²) in [5.74, 6) is -1.78. The van der Waals surface area contributed by atoms with Crippen LogP contribution in [0.5, 0.6) is 0 Å². The highest BCUT2D eigenvalue weighted by atomic mass is 19.4. The van der Waals surface area contributed by atoms with Gasteiger partial charge in [-0.2, -0.15) is 13.2 Å². The molecule has 0 bridgehead atoms. The van der Waals surface area contributed by atoms with Gasteiger partial charge in [-0.05, 0) is 69.4 Å². The Morgan fingerprint density at radius 1 is 1.16 bits per heavy atom. The number of epoxide rings is 1. The van der Waals surface area contributed by atoms with Crippen LogP contribution in [0.25, 0.3) is 0 Å². The van der Waals surface area contributed by atoms with Crippen LogP contribution in [0.4, 0.5) is 13.2 Å². The molecule has 310 valence electrons. The molecule has 0 radical (unpaired) electrons. The van der Waals surface area contributed by atoms with E-state index in [1.54, 1.807) is 63.2 Å². The first kappa shape index (κ1) is 46.3. The van der Waals surface area contributed by atoms with Crippen LogP contribution in [0, 0.1) is 11.8 Å². The number of nitrogens with zero attached hydrogens (tertiary/aromatic N) is 1. The Morgan fingerprint density at radius 2 is 1.82 bits per heavy atom. The molecule has 55 heavy (non-hydrogen) atoms. The summed E-state index contributed by atoms with van der Waals surface area (Å²) in [6.45, 7) is 11.7.